The Morgan fingerprint density at radius 3 is 2.56 bits per heavy atom. The molecule has 4 heteroatoms. The summed E-state index contributed by atoms with van der Waals surface area (Å²) in [5.74, 6) is 1.31. The zero-order valence-corrected chi connectivity index (χ0v) is 12.2. The maximum atomic E-state index is 5.28. The molecule has 0 spiro atoms. The molecule has 0 atom stereocenters. The molecule has 4 nitrogen and oxygen atoms in total. The number of hydrogen-bond donors (Lipinski definition) is 1. The minimum Gasteiger partial charge on any atom is -0.480 e. The van der Waals surface area contributed by atoms with Gasteiger partial charge < -0.3 is 10.1 Å². The van der Waals surface area contributed by atoms with Gasteiger partial charge in [-0.2, -0.15) is 0 Å². The molecular weight excluding hydrogens is 226 g/mol. The zero-order valence-electron chi connectivity index (χ0n) is 12.2. The Morgan fingerprint density at radius 1 is 1.28 bits per heavy atom. The maximum absolute atomic E-state index is 5.28. The second kappa shape index (κ2) is 6.69. The van der Waals surface area contributed by atoms with Crippen molar-refractivity contribution < 1.29 is 4.74 Å². The van der Waals surface area contributed by atoms with Gasteiger partial charge in [0.05, 0.1) is 7.11 Å². The number of aromatic nitrogens is 2. The van der Waals surface area contributed by atoms with E-state index in [4.69, 9.17) is 4.74 Å². The highest BCUT2D eigenvalue weighted by atomic mass is 16.5. The Balaban J connectivity index is 2.62. The summed E-state index contributed by atoms with van der Waals surface area (Å²) in [7, 11) is 1.64. The average molecular weight is 251 g/mol. The maximum Gasteiger partial charge on any atom is 0.235 e. The van der Waals surface area contributed by atoms with E-state index in [1.165, 1.54) is 0 Å². The van der Waals surface area contributed by atoms with Crippen molar-refractivity contribution in [2.45, 2.75) is 39.5 Å². The molecule has 0 aliphatic heterocycles. The van der Waals surface area contributed by atoms with Crippen molar-refractivity contribution in [2.24, 2.45) is 5.92 Å². The van der Waals surface area contributed by atoms with E-state index in [2.05, 4.69) is 43.0 Å². The van der Waals surface area contributed by atoms with Crippen LogP contribution in [-0.4, -0.2) is 30.2 Å². The van der Waals surface area contributed by atoms with Crippen LogP contribution in [0, 0.1) is 5.92 Å². The van der Waals surface area contributed by atoms with Crippen LogP contribution >= 0.6 is 0 Å². The van der Waals surface area contributed by atoms with Crippen LogP contribution in [0.2, 0.25) is 0 Å². The standard InChI is InChI=1S/C14H25N3O/c1-11(2)10-15-7-6-14(3,4)12-13(18-5)17-9-8-16-12/h8-9,11,15H,6-7,10H2,1-5H3. The molecule has 0 fully saturated rings. The zero-order chi connectivity index (χ0) is 13.6. The van der Waals surface area contributed by atoms with Crippen molar-refractivity contribution in [3.05, 3.63) is 18.1 Å². The first-order chi connectivity index (χ1) is 8.47. The lowest BCUT2D eigenvalue weighted by atomic mass is 9.85. The van der Waals surface area contributed by atoms with E-state index in [9.17, 15) is 0 Å². The second-order valence-corrected chi connectivity index (χ2v) is 5.65. The largest absolute Gasteiger partial charge is 0.480 e. The molecule has 0 saturated heterocycles. The molecule has 0 unspecified atom stereocenters. The normalized spacial score (nSPS) is 11.9. The Labute approximate surface area is 110 Å². The molecular formula is C14H25N3O. The van der Waals surface area contributed by atoms with Crippen molar-refractivity contribution in [3.63, 3.8) is 0 Å². The van der Waals surface area contributed by atoms with Gasteiger partial charge in [-0.05, 0) is 25.4 Å². The van der Waals surface area contributed by atoms with Gasteiger partial charge in [0.2, 0.25) is 5.88 Å². The quantitative estimate of drug-likeness (QED) is 0.756. The molecule has 0 bridgehead atoms. The summed E-state index contributed by atoms with van der Waals surface area (Å²) < 4.78 is 5.28. The molecule has 1 aromatic rings. The van der Waals surface area contributed by atoms with Crippen molar-refractivity contribution >= 4 is 0 Å². The van der Waals surface area contributed by atoms with E-state index in [1.54, 1.807) is 19.5 Å². The predicted octanol–water partition coefficient (Wildman–Crippen LogP) is 2.40. The SMILES string of the molecule is COc1nccnc1C(C)(C)CCNCC(C)C. The van der Waals surface area contributed by atoms with Gasteiger partial charge >= 0.3 is 0 Å². The summed E-state index contributed by atoms with van der Waals surface area (Å²) in [6, 6.07) is 0. The molecule has 0 radical (unpaired) electrons. The van der Waals surface area contributed by atoms with E-state index >= 15 is 0 Å². The molecule has 0 aliphatic carbocycles. The summed E-state index contributed by atoms with van der Waals surface area (Å²) in [5, 5.41) is 3.46. The first-order valence-electron chi connectivity index (χ1n) is 6.53. The topological polar surface area (TPSA) is 47.0 Å². The van der Waals surface area contributed by atoms with E-state index in [1.807, 2.05) is 0 Å². The molecule has 18 heavy (non-hydrogen) atoms. The monoisotopic (exact) mass is 251 g/mol. The predicted molar refractivity (Wildman–Crippen MR) is 73.9 cm³/mol. The molecule has 1 rings (SSSR count). The number of nitrogens with zero attached hydrogens (tertiary/aromatic N) is 2. The molecule has 0 aromatic carbocycles. The number of ether oxygens (including phenoxy) is 1. The van der Waals surface area contributed by atoms with Gasteiger partial charge in [-0.15, -0.1) is 0 Å². The fourth-order valence-corrected chi connectivity index (χ4v) is 1.85. The average Bonchev–Trinajstić information content (AvgIpc) is 2.34. The van der Waals surface area contributed by atoms with E-state index in [0.717, 1.165) is 25.2 Å². The molecule has 1 heterocycles. The highest BCUT2D eigenvalue weighted by molar-refractivity contribution is 5.25. The number of rotatable bonds is 7. The Hall–Kier alpha value is -1.16. The van der Waals surface area contributed by atoms with E-state index in [-0.39, 0.29) is 5.41 Å². The molecule has 0 amide bonds. The van der Waals surface area contributed by atoms with Crippen LogP contribution in [0.1, 0.15) is 39.8 Å². The Kier molecular flexibility index (Phi) is 5.54. The van der Waals surface area contributed by atoms with Gasteiger partial charge in [0.25, 0.3) is 0 Å². The van der Waals surface area contributed by atoms with Crippen LogP contribution in [0.15, 0.2) is 12.4 Å². The van der Waals surface area contributed by atoms with Crippen LogP contribution in [0.3, 0.4) is 0 Å². The van der Waals surface area contributed by atoms with Crippen LogP contribution in [0.25, 0.3) is 0 Å². The van der Waals surface area contributed by atoms with Gasteiger partial charge in [-0.3, -0.25) is 4.98 Å². The van der Waals surface area contributed by atoms with Crippen LogP contribution in [-0.2, 0) is 5.41 Å². The Bertz CT molecular complexity index is 364. The molecule has 1 N–H and O–H groups in total. The first-order valence-corrected chi connectivity index (χ1v) is 6.53. The summed E-state index contributed by atoms with van der Waals surface area (Å²) in [4.78, 5) is 8.63. The number of nitrogens with one attached hydrogen (secondary N) is 1. The third kappa shape index (κ3) is 4.26. The third-order valence-corrected chi connectivity index (χ3v) is 2.98. The smallest absolute Gasteiger partial charge is 0.235 e. The van der Waals surface area contributed by atoms with E-state index in [0.29, 0.717) is 11.8 Å². The van der Waals surface area contributed by atoms with Crippen molar-refractivity contribution in [1.82, 2.24) is 15.3 Å². The van der Waals surface area contributed by atoms with Crippen LogP contribution in [0.4, 0.5) is 0 Å². The fourth-order valence-electron chi connectivity index (χ4n) is 1.85. The lowest BCUT2D eigenvalue weighted by Gasteiger charge is -2.25. The van der Waals surface area contributed by atoms with Crippen molar-refractivity contribution in [2.75, 3.05) is 20.2 Å². The van der Waals surface area contributed by atoms with Crippen LogP contribution in [0.5, 0.6) is 5.88 Å². The number of methoxy groups -OCH3 is 1. The molecule has 1 aromatic heterocycles. The van der Waals surface area contributed by atoms with Crippen molar-refractivity contribution in [1.29, 1.82) is 0 Å². The lowest BCUT2D eigenvalue weighted by Crippen LogP contribution is -2.29. The minimum absolute atomic E-state index is 0.0381. The lowest BCUT2D eigenvalue weighted by molar-refractivity contribution is 0.358. The van der Waals surface area contributed by atoms with Crippen molar-refractivity contribution in [3.8, 4) is 5.88 Å². The summed E-state index contributed by atoms with van der Waals surface area (Å²) in [6.07, 6.45) is 4.39. The highest BCUT2D eigenvalue weighted by Crippen LogP contribution is 2.30. The number of hydrogen-bond acceptors (Lipinski definition) is 4. The third-order valence-electron chi connectivity index (χ3n) is 2.98. The summed E-state index contributed by atoms with van der Waals surface area (Å²) >= 11 is 0. The first kappa shape index (κ1) is 14.9. The van der Waals surface area contributed by atoms with Gasteiger partial charge in [-0.1, -0.05) is 27.7 Å². The van der Waals surface area contributed by atoms with Gasteiger partial charge in [0.1, 0.15) is 5.69 Å². The minimum atomic E-state index is -0.0381. The molecule has 0 saturated carbocycles. The second-order valence-electron chi connectivity index (χ2n) is 5.65. The van der Waals surface area contributed by atoms with Gasteiger partial charge in [0.15, 0.2) is 0 Å². The molecule has 0 aliphatic rings. The molecule has 102 valence electrons. The Morgan fingerprint density at radius 2 is 1.94 bits per heavy atom. The van der Waals surface area contributed by atoms with E-state index < -0.39 is 0 Å². The highest BCUT2D eigenvalue weighted by Gasteiger charge is 2.26. The summed E-state index contributed by atoms with van der Waals surface area (Å²) in [6.45, 7) is 10.8. The fraction of sp³-hybridized carbons (Fsp3) is 0.714. The van der Waals surface area contributed by atoms with Gasteiger partial charge in [-0.25, -0.2) is 4.98 Å². The van der Waals surface area contributed by atoms with Crippen LogP contribution < -0.4 is 10.1 Å². The summed E-state index contributed by atoms with van der Waals surface area (Å²) in [5.41, 5.74) is 0.891. The van der Waals surface area contributed by atoms with Gasteiger partial charge in [0, 0.05) is 17.8 Å².